The van der Waals surface area contributed by atoms with Gasteiger partial charge in [-0.25, -0.2) is 9.78 Å². The number of carbonyl (C=O) groups is 1. The van der Waals surface area contributed by atoms with Crippen LogP contribution in [0.15, 0.2) is 85.0 Å². The van der Waals surface area contributed by atoms with Gasteiger partial charge in [0.05, 0.1) is 36.3 Å². The van der Waals surface area contributed by atoms with E-state index >= 15 is 0 Å². The maximum absolute atomic E-state index is 11.7. The number of para-hydroxylation sites is 2. The highest BCUT2D eigenvalue weighted by Crippen LogP contribution is 2.21. The lowest BCUT2D eigenvalue weighted by Crippen LogP contribution is -2.09. The molecule has 0 spiro atoms. The Morgan fingerprint density at radius 3 is 2.87 bits per heavy atom. The largest absolute Gasteiger partial charge is 0.486 e. The normalized spacial score (nSPS) is 11.4. The van der Waals surface area contributed by atoms with Crippen molar-refractivity contribution in [1.82, 2.24) is 9.55 Å². The molecular formula is C24H21N3O3. The molecule has 150 valence electrons. The number of benzene rings is 2. The van der Waals surface area contributed by atoms with Crippen LogP contribution in [-0.2, 0) is 17.9 Å². The lowest BCUT2D eigenvalue weighted by molar-refractivity contribution is 0.0600. The van der Waals surface area contributed by atoms with Crippen LogP contribution in [0.2, 0.25) is 0 Å². The minimum atomic E-state index is -0.423. The van der Waals surface area contributed by atoms with Gasteiger partial charge < -0.3 is 14.0 Å². The summed E-state index contributed by atoms with van der Waals surface area (Å²) in [6, 6.07) is 16.7. The summed E-state index contributed by atoms with van der Waals surface area (Å²) < 4.78 is 12.7. The van der Waals surface area contributed by atoms with Crippen molar-refractivity contribution in [3.63, 3.8) is 0 Å². The first kappa shape index (κ1) is 20.6. The fourth-order valence-electron chi connectivity index (χ4n) is 2.99. The van der Waals surface area contributed by atoms with Gasteiger partial charge in [0.15, 0.2) is 0 Å². The Labute approximate surface area is 175 Å². The molecule has 0 aliphatic heterocycles. The predicted octanol–water partition coefficient (Wildman–Crippen LogP) is 4.59. The molecule has 1 heterocycles. The van der Waals surface area contributed by atoms with E-state index in [1.165, 1.54) is 13.2 Å². The minimum Gasteiger partial charge on any atom is -0.486 e. The zero-order valence-corrected chi connectivity index (χ0v) is 16.6. The van der Waals surface area contributed by atoms with Gasteiger partial charge in [0.1, 0.15) is 18.2 Å². The molecule has 0 fully saturated rings. The molecule has 6 heteroatoms. The number of aromatic nitrogens is 2. The third kappa shape index (κ3) is 4.83. The molecular weight excluding hydrogens is 378 g/mol. The van der Waals surface area contributed by atoms with Crippen LogP contribution in [0, 0.1) is 11.3 Å². The number of hydrogen-bond donors (Lipinski definition) is 0. The molecule has 0 saturated heterocycles. The van der Waals surface area contributed by atoms with Crippen molar-refractivity contribution in [2.24, 2.45) is 0 Å². The number of methoxy groups -OCH3 is 1. The number of hydrogen-bond acceptors (Lipinski definition) is 5. The van der Waals surface area contributed by atoms with Gasteiger partial charge in [-0.15, -0.1) is 0 Å². The first-order valence-corrected chi connectivity index (χ1v) is 9.29. The number of rotatable bonds is 8. The summed E-state index contributed by atoms with van der Waals surface area (Å²) in [7, 11) is 1.34. The molecule has 6 nitrogen and oxygen atoms in total. The quantitative estimate of drug-likeness (QED) is 0.314. The number of allylic oxidation sites excluding steroid dienone is 5. The Morgan fingerprint density at radius 1 is 1.27 bits per heavy atom. The minimum absolute atomic E-state index is 0.199. The summed E-state index contributed by atoms with van der Waals surface area (Å²) in [5.41, 5.74) is 3.01. The molecule has 3 rings (SSSR count). The van der Waals surface area contributed by atoms with Crippen molar-refractivity contribution < 1.29 is 14.3 Å². The highest BCUT2D eigenvalue weighted by Gasteiger charge is 2.13. The van der Waals surface area contributed by atoms with Crippen LogP contribution in [0.25, 0.3) is 11.0 Å². The van der Waals surface area contributed by atoms with E-state index in [1.807, 2.05) is 34.9 Å². The molecule has 0 bridgehead atoms. The van der Waals surface area contributed by atoms with Gasteiger partial charge in [-0.05, 0) is 35.9 Å². The van der Waals surface area contributed by atoms with Crippen LogP contribution in [0.3, 0.4) is 0 Å². The Balaban J connectivity index is 1.91. The highest BCUT2D eigenvalue weighted by molar-refractivity contribution is 5.89. The van der Waals surface area contributed by atoms with Gasteiger partial charge >= 0.3 is 5.97 Å². The first-order chi connectivity index (χ1) is 14.7. The maximum Gasteiger partial charge on any atom is 0.337 e. The van der Waals surface area contributed by atoms with Gasteiger partial charge in [0, 0.05) is 6.08 Å². The van der Waals surface area contributed by atoms with E-state index < -0.39 is 5.97 Å². The standard InChI is InChI=1S/C24H21N3O3/c1-3-4-8-18(13-14-25)16-27-22-12-6-5-11-21(22)26-23(27)17-30-20-10-7-9-19(15-20)24(28)29-2/h3-13,15H,1,16-17H2,2H3/b8-4-,18-13-. The fourth-order valence-corrected chi connectivity index (χ4v) is 2.99. The summed E-state index contributed by atoms with van der Waals surface area (Å²) in [6.07, 6.45) is 6.79. The average Bonchev–Trinajstić information content (AvgIpc) is 3.13. The number of nitriles is 1. The summed E-state index contributed by atoms with van der Waals surface area (Å²) >= 11 is 0. The first-order valence-electron chi connectivity index (χ1n) is 9.29. The van der Waals surface area contributed by atoms with Crippen molar-refractivity contribution in [2.75, 3.05) is 7.11 Å². The molecule has 0 N–H and O–H groups in total. The van der Waals surface area contributed by atoms with Crippen molar-refractivity contribution >= 4 is 17.0 Å². The predicted molar refractivity (Wildman–Crippen MR) is 115 cm³/mol. The number of ether oxygens (including phenoxy) is 2. The third-order valence-corrected chi connectivity index (χ3v) is 4.39. The van der Waals surface area contributed by atoms with Crippen molar-refractivity contribution in [1.29, 1.82) is 5.26 Å². The summed E-state index contributed by atoms with van der Waals surface area (Å²) in [4.78, 5) is 16.4. The van der Waals surface area contributed by atoms with Gasteiger partial charge in [-0.1, -0.05) is 43.0 Å². The molecule has 0 radical (unpaired) electrons. The van der Waals surface area contributed by atoms with Crippen LogP contribution < -0.4 is 4.74 Å². The lowest BCUT2D eigenvalue weighted by Gasteiger charge is -2.11. The molecule has 0 aliphatic rings. The molecule has 2 aromatic carbocycles. The van der Waals surface area contributed by atoms with Gasteiger partial charge in [-0.2, -0.15) is 5.26 Å². The van der Waals surface area contributed by atoms with E-state index in [9.17, 15) is 4.79 Å². The second-order valence-corrected chi connectivity index (χ2v) is 6.35. The molecule has 0 saturated carbocycles. The number of carbonyl (C=O) groups excluding carboxylic acids is 1. The van der Waals surface area contributed by atoms with Crippen LogP contribution in [0.4, 0.5) is 0 Å². The zero-order chi connectivity index (χ0) is 21.3. The lowest BCUT2D eigenvalue weighted by atomic mass is 10.2. The van der Waals surface area contributed by atoms with Crippen LogP contribution in [-0.4, -0.2) is 22.6 Å². The number of esters is 1. The molecule has 0 amide bonds. The molecule has 0 aliphatic carbocycles. The Bertz CT molecular complexity index is 1170. The Kier molecular flexibility index (Phi) is 6.80. The highest BCUT2D eigenvalue weighted by atomic mass is 16.5. The van der Waals surface area contributed by atoms with Gasteiger partial charge in [-0.3, -0.25) is 0 Å². The zero-order valence-electron chi connectivity index (χ0n) is 16.6. The number of fused-ring (bicyclic) bond motifs is 1. The number of imidazole rings is 1. The Morgan fingerprint density at radius 2 is 2.10 bits per heavy atom. The van der Waals surface area contributed by atoms with Crippen LogP contribution in [0.5, 0.6) is 5.75 Å². The van der Waals surface area contributed by atoms with Gasteiger partial charge in [0.25, 0.3) is 0 Å². The molecule has 30 heavy (non-hydrogen) atoms. The van der Waals surface area contributed by atoms with E-state index in [1.54, 1.807) is 36.4 Å². The van der Waals surface area contributed by atoms with E-state index in [0.717, 1.165) is 16.6 Å². The molecule has 0 unspecified atom stereocenters. The van der Waals surface area contributed by atoms with E-state index in [2.05, 4.69) is 17.6 Å². The molecule has 0 atom stereocenters. The summed E-state index contributed by atoms with van der Waals surface area (Å²) in [5, 5.41) is 9.12. The SMILES string of the molecule is C=C/C=C\C(=C\C#N)Cn1c(COc2cccc(C(=O)OC)c2)nc2ccccc21. The maximum atomic E-state index is 11.7. The smallest absolute Gasteiger partial charge is 0.337 e. The van der Waals surface area contributed by atoms with E-state index in [4.69, 9.17) is 14.7 Å². The second-order valence-electron chi connectivity index (χ2n) is 6.35. The number of nitrogens with zero attached hydrogens (tertiary/aromatic N) is 3. The third-order valence-electron chi connectivity index (χ3n) is 4.39. The fraction of sp³-hybridized carbons (Fsp3) is 0.125. The topological polar surface area (TPSA) is 77.1 Å². The Hall–Kier alpha value is -4.11. The summed E-state index contributed by atoms with van der Waals surface area (Å²) in [6.45, 7) is 4.33. The molecule has 3 aromatic rings. The van der Waals surface area contributed by atoms with Gasteiger partial charge in [0.2, 0.25) is 0 Å². The van der Waals surface area contributed by atoms with Crippen molar-refractivity contribution in [2.45, 2.75) is 13.2 Å². The summed E-state index contributed by atoms with van der Waals surface area (Å²) in [5.74, 6) is 0.819. The monoisotopic (exact) mass is 399 g/mol. The van der Waals surface area contributed by atoms with Crippen molar-refractivity contribution in [3.05, 3.63) is 96.4 Å². The average molecular weight is 399 g/mol. The second kappa shape index (κ2) is 9.89. The van der Waals surface area contributed by atoms with Crippen molar-refractivity contribution in [3.8, 4) is 11.8 Å². The van der Waals surface area contributed by atoms with Crippen LogP contribution in [0.1, 0.15) is 16.2 Å². The van der Waals surface area contributed by atoms with Crippen LogP contribution >= 0.6 is 0 Å². The van der Waals surface area contributed by atoms with E-state index in [-0.39, 0.29) is 6.61 Å². The molecule has 1 aromatic heterocycles. The van der Waals surface area contributed by atoms with E-state index in [0.29, 0.717) is 23.7 Å².